The van der Waals surface area contributed by atoms with E-state index in [-0.39, 0.29) is 46.8 Å². The molecule has 0 amide bonds. The van der Waals surface area contributed by atoms with Crippen LogP contribution < -0.4 is 30.3 Å². The summed E-state index contributed by atoms with van der Waals surface area (Å²) in [5.74, 6) is -5.99. The summed E-state index contributed by atoms with van der Waals surface area (Å²) in [5.41, 5.74) is 6.43. The predicted molar refractivity (Wildman–Crippen MR) is 354 cm³/mol. The Kier molecular flexibility index (Phi) is 22.4. The fourth-order valence-corrected chi connectivity index (χ4v) is 11.7. The van der Waals surface area contributed by atoms with Gasteiger partial charge in [0, 0.05) is 164 Å². The minimum absolute atomic E-state index is 0.0738. The maximum absolute atomic E-state index is 16.2. The summed E-state index contributed by atoms with van der Waals surface area (Å²) in [6, 6.07) is 25.2. The van der Waals surface area contributed by atoms with Crippen molar-refractivity contribution in [1.82, 2.24) is 38.9 Å². The van der Waals surface area contributed by atoms with Gasteiger partial charge in [-0.2, -0.15) is 27.5 Å². The molecule has 0 spiro atoms. The summed E-state index contributed by atoms with van der Waals surface area (Å²) in [7, 11) is 4.89. The minimum atomic E-state index is -3.68. The van der Waals surface area contributed by atoms with Gasteiger partial charge >= 0.3 is 11.8 Å². The van der Waals surface area contributed by atoms with Crippen molar-refractivity contribution in [1.29, 1.82) is 0 Å². The normalized spacial score (nSPS) is 14.4. The van der Waals surface area contributed by atoms with Crippen LogP contribution in [0.4, 0.5) is 57.6 Å². The summed E-state index contributed by atoms with van der Waals surface area (Å²) < 4.78 is 88.9. The number of hydrogen-bond donors (Lipinski definition) is 2. The Morgan fingerprint density at radius 3 is 1.57 bits per heavy atom. The lowest BCUT2D eigenvalue weighted by Crippen LogP contribution is -2.44. The van der Waals surface area contributed by atoms with Crippen molar-refractivity contribution < 1.29 is 46.4 Å². The number of nitrogen functional groups attached to an aromatic ring is 1. The van der Waals surface area contributed by atoms with Crippen molar-refractivity contribution in [2.75, 3.05) is 115 Å². The molecule has 0 radical (unpaired) electrons. The van der Waals surface area contributed by atoms with Crippen molar-refractivity contribution >= 4 is 89.9 Å². The third kappa shape index (κ3) is 17.7. The van der Waals surface area contributed by atoms with E-state index >= 15 is 17.6 Å². The molecule has 0 aliphatic carbocycles. The number of methoxy groups -OCH3 is 2. The summed E-state index contributed by atoms with van der Waals surface area (Å²) in [6.07, 6.45) is 3.22. The maximum atomic E-state index is 16.2. The molecule has 2 aliphatic rings. The number of rotatable bonds is 22. The lowest BCUT2D eigenvalue weighted by atomic mass is 10.0. The first-order valence-electron chi connectivity index (χ1n) is 29.6. The van der Waals surface area contributed by atoms with Crippen LogP contribution in [0.5, 0.6) is 11.5 Å². The van der Waals surface area contributed by atoms with Crippen molar-refractivity contribution in [2.24, 2.45) is 0 Å². The van der Waals surface area contributed by atoms with Crippen LogP contribution in [0.25, 0.3) is 22.1 Å². The number of likely N-dealkylation sites (N-methyl/N-ethyl adjacent to an activating group) is 2. The topological polar surface area (TPSA) is 236 Å². The van der Waals surface area contributed by atoms with Gasteiger partial charge in [0.1, 0.15) is 47.6 Å². The molecule has 4 aromatic carbocycles. The van der Waals surface area contributed by atoms with E-state index in [4.69, 9.17) is 36.3 Å². The average molecular weight is 1320 g/mol. The standard InChI is InChI=1S/C31H39F2N7O4Si.C19H21ClF2N4O3Si.C12H19N3O/c1-37-13-15-38(16-14-37)23-9-10-26(27(20-23)43-2)34-30-35-28(31(32,33)22-7-6-8-24(19-22)40(41)42)25-11-12-39(29(25)36-30)21-44-17-18-45(3,4)5;1-30(2,3)10-9-29-12-25-8-7-15-16(23-18(20)24-17(15)25)19(21,22)13-5-4-6-14(11-13)26(27)28;1-14-5-7-15(8-6-14)11-4-3-10(13)9-12(11)16-2/h6-12,19-20H,13-18,21H2,1-5H3,(H,34,35,36);4-8,11H,9-10,12H2,1-3H3;3-4,9H,5-8,13H2,1-2H3. The van der Waals surface area contributed by atoms with E-state index in [1.54, 1.807) is 35.7 Å². The highest BCUT2D eigenvalue weighted by atomic mass is 35.5. The lowest BCUT2D eigenvalue weighted by molar-refractivity contribution is -0.385. The van der Waals surface area contributed by atoms with Crippen LogP contribution in [0.15, 0.2) is 109 Å². The number of nitrogens with two attached hydrogens (primary N) is 1. The van der Waals surface area contributed by atoms with Gasteiger partial charge in [0.05, 0.1) is 35.4 Å². The Morgan fingerprint density at radius 2 is 1.09 bits per heavy atom. The van der Waals surface area contributed by atoms with Gasteiger partial charge in [-0.25, -0.2) is 9.97 Å². The summed E-state index contributed by atoms with van der Waals surface area (Å²) >= 11 is 5.94. The predicted octanol–water partition coefficient (Wildman–Crippen LogP) is 12.8. The van der Waals surface area contributed by atoms with Crippen LogP contribution in [0, 0.1) is 20.2 Å². The monoisotopic (exact) mass is 1310 g/mol. The molecular weight excluding hydrogens is 1240 g/mol. The zero-order valence-corrected chi connectivity index (χ0v) is 55.6. The first-order valence-corrected chi connectivity index (χ1v) is 37.4. The van der Waals surface area contributed by atoms with Gasteiger partial charge in [0.2, 0.25) is 11.2 Å². The Bertz CT molecular complexity index is 3820. The number of benzene rings is 4. The van der Waals surface area contributed by atoms with Crippen LogP contribution in [-0.2, 0) is 34.8 Å². The highest BCUT2D eigenvalue weighted by Gasteiger charge is 2.41. The maximum Gasteiger partial charge on any atom is 0.316 e. The molecule has 10 rings (SSSR count). The Hall–Kier alpha value is -8.00. The first-order chi connectivity index (χ1) is 43.0. The van der Waals surface area contributed by atoms with Crippen LogP contribution >= 0.6 is 11.6 Å². The van der Waals surface area contributed by atoms with Gasteiger partial charge in [-0.05, 0) is 74.2 Å². The fourth-order valence-electron chi connectivity index (χ4n) is 10.00. The van der Waals surface area contributed by atoms with Gasteiger partial charge in [-0.15, -0.1) is 0 Å². The molecule has 6 heterocycles. The number of anilines is 5. The molecule has 0 unspecified atom stereocenters. The van der Waals surface area contributed by atoms with Crippen LogP contribution in [0.1, 0.15) is 22.5 Å². The number of ether oxygens (including phenoxy) is 4. The number of nitrogens with zero attached hydrogens (tertiary/aromatic N) is 12. The smallest absolute Gasteiger partial charge is 0.316 e. The number of piperazine rings is 2. The zero-order valence-electron chi connectivity index (χ0n) is 52.9. The molecule has 8 aromatic rings. The van der Waals surface area contributed by atoms with E-state index in [1.165, 1.54) is 30.3 Å². The van der Waals surface area contributed by atoms with Crippen molar-refractivity contribution in [3.05, 3.63) is 157 Å². The SMILES string of the molecule is COc1cc(N)ccc1N1CCN(C)CC1.COc1cc(N2CCN(C)CC2)ccc1Nc1nc(C(F)(F)c2cccc([N+](=O)[O-])c2)c2ccn(COCC[Si](C)(C)C)c2n1.C[Si](C)(C)CCOCn1ccc2c(C(F)(F)c3cccc([N+](=O)[O-])c3)nc(Cl)nc21. The number of nitrogens with one attached hydrogen (secondary N) is 1. The van der Waals surface area contributed by atoms with Gasteiger partial charge in [-0.1, -0.05) is 63.5 Å². The van der Waals surface area contributed by atoms with Gasteiger partial charge < -0.3 is 58.7 Å². The molecule has 0 bridgehead atoms. The molecule has 29 heteroatoms. The second-order valence-electron chi connectivity index (χ2n) is 24.8. The van der Waals surface area contributed by atoms with Crippen LogP contribution in [0.2, 0.25) is 56.7 Å². The Balaban J connectivity index is 0.000000198. The van der Waals surface area contributed by atoms with Gasteiger partial charge in [0.25, 0.3) is 11.4 Å². The highest BCUT2D eigenvalue weighted by molar-refractivity contribution is 6.76. The lowest BCUT2D eigenvalue weighted by Gasteiger charge is -2.34. The largest absolute Gasteiger partial charge is 0.495 e. The number of fused-ring (bicyclic) bond motifs is 2. The third-order valence-corrected chi connectivity index (χ3v) is 19.0. The first kappa shape index (κ1) is 68.9. The van der Waals surface area contributed by atoms with Crippen molar-refractivity contribution in [3.63, 3.8) is 0 Å². The van der Waals surface area contributed by atoms with E-state index in [9.17, 15) is 20.2 Å². The highest BCUT2D eigenvalue weighted by Crippen LogP contribution is 2.43. The molecule has 2 saturated heterocycles. The Labute approximate surface area is 533 Å². The average Bonchev–Trinajstić information content (AvgIpc) is 1.73. The van der Waals surface area contributed by atoms with E-state index < -0.39 is 71.7 Å². The Morgan fingerprint density at radius 1 is 0.604 bits per heavy atom. The number of non-ortho nitro benzene ring substituents is 2. The van der Waals surface area contributed by atoms with E-state index in [1.807, 2.05) is 36.4 Å². The van der Waals surface area contributed by atoms with Gasteiger partial charge in [0.15, 0.2) is 0 Å². The number of hydrogen-bond acceptors (Lipinski definition) is 18. The number of nitro groups is 2. The molecule has 91 heavy (non-hydrogen) atoms. The van der Waals surface area contributed by atoms with E-state index in [2.05, 4.69) is 98.2 Å². The van der Waals surface area contributed by atoms with Crippen LogP contribution in [0.3, 0.4) is 0 Å². The summed E-state index contributed by atoms with van der Waals surface area (Å²) in [5, 5.41) is 25.3. The molecule has 4 aromatic heterocycles. The third-order valence-electron chi connectivity index (χ3n) is 15.4. The quantitative estimate of drug-likeness (QED) is 0.0122. The molecule has 22 nitrogen and oxygen atoms in total. The molecule has 3 N–H and O–H groups in total. The zero-order chi connectivity index (χ0) is 66.0. The molecule has 2 aliphatic heterocycles. The fraction of sp³-hybridized carbons (Fsp3) is 0.419. The van der Waals surface area contributed by atoms with E-state index in [0.717, 1.165) is 118 Å². The van der Waals surface area contributed by atoms with E-state index in [0.29, 0.717) is 24.7 Å². The van der Waals surface area contributed by atoms with Gasteiger partial charge in [-0.3, -0.25) is 20.2 Å². The molecule has 0 saturated carbocycles. The summed E-state index contributed by atoms with van der Waals surface area (Å²) in [4.78, 5) is 46.9. The minimum Gasteiger partial charge on any atom is -0.495 e. The second kappa shape index (κ2) is 29.5. The molecular formula is C62H79ClF4N14O8Si2. The molecule has 0 atom stereocenters. The second-order valence-corrected chi connectivity index (χ2v) is 36.3. The number of nitro benzene ring substituents is 2. The number of alkyl halides is 4. The van der Waals surface area contributed by atoms with Crippen molar-refractivity contribution in [2.45, 2.75) is 76.7 Å². The molecule has 2 fully saturated rings. The molecule has 488 valence electrons. The number of aromatic nitrogens is 6. The number of halogens is 5. The summed E-state index contributed by atoms with van der Waals surface area (Å²) in [6.45, 7) is 22.7. The van der Waals surface area contributed by atoms with Crippen LogP contribution in [-0.4, -0.2) is 159 Å². The van der Waals surface area contributed by atoms with Crippen molar-refractivity contribution in [3.8, 4) is 11.5 Å².